The molecule has 0 unspecified atom stereocenters. The molecule has 1 aromatic carbocycles. The summed E-state index contributed by atoms with van der Waals surface area (Å²) in [5, 5.41) is 0. The first kappa shape index (κ1) is 15.0. The van der Waals surface area contributed by atoms with Crippen molar-refractivity contribution in [2.75, 3.05) is 6.54 Å². The topological polar surface area (TPSA) is 46.2 Å². The van der Waals surface area contributed by atoms with E-state index in [1.54, 1.807) is 0 Å². The SMILES string of the molecule is Cc1ccccc1CCCNS(=O)(=O)C(F)(F)F. The van der Waals surface area contributed by atoms with Crippen molar-refractivity contribution in [3.8, 4) is 0 Å². The Morgan fingerprint density at radius 2 is 1.83 bits per heavy atom. The van der Waals surface area contributed by atoms with Crippen molar-refractivity contribution in [3.05, 3.63) is 35.4 Å². The Balaban J connectivity index is 2.43. The maximum absolute atomic E-state index is 12.0. The molecule has 0 spiro atoms. The molecule has 0 heterocycles. The molecule has 0 bridgehead atoms. The van der Waals surface area contributed by atoms with Crippen molar-refractivity contribution in [3.63, 3.8) is 0 Å². The van der Waals surface area contributed by atoms with Gasteiger partial charge in [0.15, 0.2) is 0 Å². The highest BCUT2D eigenvalue weighted by molar-refractivity contribution is 7.90. The maximum Gasteiger partial charge on any atom is 0.511 e. The first-order valence-corrected chi connectivity index (χ1v) is 6.83. The highest BCUT2D eigenvalue weighted by atomic mass is 32.2. The number of halogens is 3. The van der Waals surface area contributed by atoms with E-state index in [1.807, 2.05) is 31.2 Å². The Kier molecular flexibility index (Phi) is 4.75. The van der Waals surface area contributed by atoms with Gasteiger partial charge in [-0.25, -0.2) is 13.1 Å². The van der Waals surface area contributed by atoms with Crippen LogP contribution in [0.25, 0.3) is 0 Å². The van der Waals surface area contributed by atoms with Gasteiger partial charge < -0.3 is 0 Å². The summed E-state index contributed by atoms with van der Waals surface area (Å²) in [7, 11) is -5.21. The van der Waals surface area contributed by atoms with Crippen LogP contribution in [0.4, 0.5) is 13.2 Å². The molecular formula is C11H14F3NO2S. The highest BCUT2D eigenvalue weighted by Gasteiger charge is 2.45. The fourth-order valence-corrected chi connectivity index (χ4v) is 2.03. The van der Waals surface area contributed by atoms with Gasteiger partial charge in [-0.1, -0.05) is 24.3 Å². The lowest BCUT2D eigenvalue weighted by molar-refractivity contribution is -0.0447. The first-order valence-electron chi connectivity index (χ1n) is 5.34. The van der Waals surface area contributed by atoms with E-state index in [2.05, 4.69) is 0 Å². The standard InChI is InChI=1S/C11H14F3NO2S/c1-9-5-2-3-6-10(9)7-4-8-15-18(16,17)11(12,13)14/h2-3,5-6,15H,4,7-8H2,1H3. The molecule has 0 amide bonds. The molecule has 0 radical (unpaired) electrons. The average molecular weight is 281 g/mol. The number of rotatable bonds is 5. The van der Waals surface area contributed by atoms with Gasteiger partial charge >= 0.3 is 15.5 Å². The largest absolute Gasteiger partial charge is 0.511 e. The lowest BCUT2D eigenvalue weighted by atomic mass is 10.0. The third kappa shape index (κ3) is 3.99. The summed E-state index contributed by atoms with van der Waals surface area (Å²) < 4.78 is 58.9. The van der Waals surface area contributed by atoms with Crippen LogP contribution < -0.4 is 4.72 Å². The van der Waals surface area contributed by atoms with Crippen LogP contribution in [0.15, 0.2) is 24.3 Å². The van der Waals surface area contributed by atoms with Crippen LogP contribution in [-0.2, 0) is 16.4 Å². The molecule has 0 aliphatic rings. The molecule has 0 saturated carbocycles. The van der Waals surface area contributed by atoms with Gasteiger partial charge in [0, 0.05) is 6.54 Å². The number of hydrogen-bond acceptors (Lipinski definition) is 2. The molecular weight excluding hydrogens is 267 g/mol. The molecule has 0 fully saturated rings. The van der Waals surface area contributed by atoms with E-state index >= 15 is 0 Å². The van der Waals surface area contributed by atoms with E-state index in [9.17, 15) is 21.6 Å². The summed E-state index contributed by atoms with van der Waals surface area (Å²) in [6.45, 7) is 1.67. The molecule has 0 aromatic heterocycles. The van der Waals surface area contributed by atoms with Crippen molar-refractivity contribution in [1.29, 1.82) is 0 Å². The van der Waals surface area contributed by atoms with Gasteiger partial charge in [-0.2, -0.15) is 13.2 Å². The number of aryl methyl sites for hydroxylation is 2. The fourth-order valence-electron chi connectivity index (χ4n) is 1.46. The maximum atomic E-state index is 12.0. The van der Waals surface area contributed by atoms with E-state index in [0.29, 0.717) is 12.8 Å². The monoisotopic (exact) mass is 281 g/mol. The third-order valence-corrected chi connectivity index (χ3v) is 3.67. The molecule has 0 aliphatic heterocycles. The summed E-state index contributed by atoms with van der Waals surface area (Å²) in [5.74, 6) is 0. The minimum Gasteiger partial charge on any atom is -0.207 e. The van der Waals surface area contributed by atoms with E-state index in [-0.39, 0.29) is 6.54 Å². The average Bonchev–Trinajstić information content (AvgIpc) is 2.25. The predicted molar refractivity (Wildman–Crippen MR) is 62.5 cm³/mol. The van der Waals surface area contributed by atoms with Crippen molar-refractivity contribution in [1.82, 2.24) is 4.72 Å². The van der Waals surface area contributed by atoms with Gasteiger partial charge in [0.05, 0.1) is 0 Å². The Bertz CT molecular complexity index is 497. The predicted octanol–water partition coefficient (Wildman–Crippen LogP) is 2.37. The molecule has 1 aromatic rings. The number of hydrogen-bond donors (Lipinski definition) is 1. The number of sulfonamides is 1. The van der Waals surface area contributed by atoms with Crippen LogP contribution in [0.5, 0.6) is 0 Å². The highest BCUT2D eigenvalue weighted by Crippen LogP contribution is 2.21. The summed E-state index contributed by atoms with van der Waals surface area (Å²) in [5.41, 5.74) is -3.20. The number of benzene rings is 1. The lowest BCUT2D eigenvalue weighted by Crippen LogP contribution is -2.37. The van der Waals surface area contributed by atoms with E-state index in [4.69, 9.17) is 0 Å². The van der Waals surface area contributed by atoms with Gasteiger partial charge in [-0.15, -0.1) is 0 Å². The Labute approximate surface area is 104 Å². The summed E-state index contributed by atoms with van der Waals surface area (Å²) >= 11 is 0. The third-order valence-electron chi connectivity index (χ3n) is 2.48. The van der Waals surface area contributed by atoms with E-state index in [1.165, 1.54) is 4.72 Å². The summed E-state index contributed by atoms with van der Waals surface area (Å²) in [6, 6.07) is 7.47. The van der Waals surface area contributed by atoms with Gasteiger partial charge in [0.2, 0.25) is 0 Å². The second kappa shape index (κ2) is 5.71. The minimum absolute atomic E-state index is 0.226. The Morgan fingerprint density at radius 3 is 2.39 bits per heavy atom. The summed E-state index contributed by atoms with van der Waals surface area (Å²) in [6.07, 6.45) is 0.854. The van der Waals surface area contributed by atoms with Crippen molar-refractivity contribution < 1.29 is 21.6 Å². The van der Waals surface area contributed by atoms with E-state index in [0.717, 1.165) is 11.1 Å². The summed E-state index contributed by atoms with van der Waals surface area (Å²) in [4.78, 5) is 0. The van der Waals surface area contributed by atoms with Crippen LogP contribution in [-0.4, -0.2) is 20.5 Å². The van der Waals surface area contributed by atoms with Gasteiger partial charge in [0.25, 0.3) is 0 Å². The molecule has 18 heavy (non-hydrogen) atoms. The molecule has 0 aliphatic carbocycles. The first-order chi connectivity index (χ1) is 8.24. The zero-order chi connectivity index (χ0) is 13.8. The van der Waals surface area contributed by atoms with E-state index < -0.39 is 15.5 Å². The van der Waals surface area contributed by atoms with Crippen LogP contribution >= 0.6 is 0 Å². The Hall–Kier alpha value is -1.08. The number of alkyl halides is 3. The van der Waals surface area contributed by atoms with Gasteiger partial charge in [-0.3, -0.25) is 0 Å². The molecule has 102 valence electrons. The smallest absolute Gasteiger partial charge is 0.207 e. The van der Waals surface area contributed by atoms with Crippen LogP contribution in [0.1, 0.15) is 17.5 Å². The van der Waals surface area contributed by atoms with Crippen LogP contribution in [0.3, 0.4) is 0 Å². The lowest BCUT2D eigenvalue weighted by Gasteiger charge is -2.09. The zero-order valence-electron chi connectivity index (χ0n) is 9.79. The minimum atomic E-state index is -5.24. The van der Waals surface area contributed by atoms with Crippen LogP contribution in [0, 0.1) is 6.92 Å². The van der Waals surface area contributed by atoms with Crippen LogP contribution in [0.2, 0.25) is 0 Å². The quantitative estimate of drug-likeness (QED) is 0.842. The van der Waals surface area contributed by atoms with Gasteiger partial charge in [-0.05, 0) is 30.9 Å². The van der Waals surface area contributed by atoms with Gasteiger partial charge in [0.1, 0.15) is 0 Å². The molecule has 1 rings (SSSR count). The number of nitrogens with one attached hydrogen (secondary N) is 1. The van der Waals surface area contributed by atoms with Crippen molar-refractivity contribution in [2.45, 2.75) is 25.3 Å². The Morgan fingerprint density at radius 1 is 1.22 bits per heavy atom. The van der Waals surface area contributed by atoms with Crippen molar-refractivity contribution >= 4 is 10.0 Å². The molecule has 1 N–H and O–H groups in total. The molecule has 0 saturated heterocycles. The second-order valence-corrected chi connectivity index (χ2v) is 5.63. The molecule has 3 nitrogen and oxygen atoms in total. The zero-order valence-corrected chi connectivity index (χ0v) is 10.6. The normalized spacial score (nSPS) is 12.7. The second-order valence-electron chi connectivity index (χ2n) is 3.87. The molecule has 0 atom stereocenters. The van der Waals surface area contributed by atoms with Crippen molar-refractivity contribution in [2.24, 2.45) is 0 Å². The molecule has 7 heteroatoms. The fraction of sp³-hybridized carbons (Fsp3) is 0.455.